The van der Waals surface area contributed by atoms with E-state index in [0.29, 0.717) is 0 Å². The molecule has 20 heavy (non-hydrogen) atoms. The molecular formula is C13H12F3NO3. The molecule has 1 N–H and O–H groups in total. The van der Waals surface area contributed by atoms with Crippen LogP contribution in [-0.2, 0) is 17.5 Å². The van der Waals surface area contributed by atoms with Crippen molar-refractivity contribution in [1.82, 2.24) is 4.57 Å². The number of benzene rings is 1. The lowest BCUT2D eigenvalue weighted by Gasteiger charge is -2.11. The minimum absolute atomic E-state index is 0.0726. The highest BCUT2D eigenvalue weighted by Crippen LogP contribution is 2.36. The molecule has 0 atom stereocenters. The van der Waals surface area contributed by atoms with Crippen molar-refractivity contribution < 1.29 is 27.8 Å². The Balaban J connectivity index is 2.74. The molecule has 0 amide bonds. The van der Waals surface area contributed by atoms with Crippen LogP contribution in [0.15, 0.2) is 24.4 Å². The molecule has 0 unspecified atom stereocenters. The zero-order chi connectivity index (χ0) is 14.9. The van der Waals surface area contributed by atoms with Gasteiger partial charge in [-0.2, -0.15) is 13.2 Å². The predicted octanol–water partition coefficient (Wildman–Crippen LogP) is 3.00. The van der Waals surface area contributed by atoms with Crippen LogP contribution in [-0.4, -0.2) is 29.4 Å². The second-order valence-corrected chi connectivity index (χ2v) is 4.23. The fourth-order valence-corrected chi connectivity index (χ4v) is 2.13. The number of hydrogen-bond donors (Lipinski definition) is 1. The van der Waals surface area contributed by atoms with Crippen LogP contribution in [0.2, 0.25) is 0 Å². The fourth-order valence-electron chi connectivity index (χ4n) is 2.13. The Morgan fingerprint density at radius 3 is 2.65 bits per heavy atom. The summed E-state index contributed by atoms with van der Waals surface area (Å²) in [4.78, 5) is 11.1. The normalized spacial score (nSPS) is 12.0. The summed E-state index contributed by atoms with van der Waals surface area (Å²) in [5.41, 5.74) is -1.13. The Bertz CT molecular complexity index is 646. The third-order valence-corrected chi connectivity index (χ3v) is 2.97. The monoisotopic (exact) mass is 287 g/mol. The number of carboxylic acids is 1. The lowest BCUT2D eigenvalue weighted by Crippen LogP contribution is -2.10. The average Bonchev–Trinajstić information content (AvgIpc) is 2.74. The Morgan fingerprint density at radius 2 is 2.10 bits per heavy atom. The summed E-state index contributed by atoms with van der Waals surface area (Å²) >= 11 is 0. The molecule has 0 bridgehead atoms. The lowest BCUT2D eigenvalue weighted by molar-refractivity contribution is -0.136. The summed E-state index contributed by atoms with van der Waals surface area (Å²) < 4.78 is 45.2. The van der Waals surface area contributed by atoms with Crippen molar-refractivity contribution in [2.45, 2.75) is 12.7 Å². The van der Waals surface area contributed by atoms with Crippen LogP contribution in [0, 0.1) is 0 Å². The largest absolute Gasteiger partial charge is 0.478 e. The first-order valence-electron chi connectivity index (χ1n) is 5.77. The van der Waals surface area contributed by atoms with Crippen LogP contribution < -0.4 is 0 Å². The van der Waals surface area contributed by atoms with Crippen LogP contribution >= 0.6 is 0 Å². The highest BCUT2D eigenvalue weighted by molar-refractivity contribution is 6.04. The number of para-hydroxylation sites is 1. The third-order valence-electron chi connectivity index (χ3n) is 2.97. The number of aromatic carboxylic acids is 1. The Labute approximate surface area is 112 Å². The van der Waals surface area contributed by atoms with E-state index in [2.05, 4.69) is 0 Å². The smallest absolute Gasteiger partial charge is 0.418 e. The van der Waals surface area contributed by atoms with Gasteiger partial charge < -0.3 is 14.4 Å². The summed E-state index contributed by atoms with van der Waals surface area (Å²) in [7, 11) is 1.43. The summed E-state index contributed by atoms with van der Waals surface area (Å²) in [6.45, 7) is 0.336. The van der Waals surface area contributed by atoms with E-state index in [9.17, 15) is 18.0 Å². The summed E-state index contributed by atoms with van der Waals surface area (Å²) in [5.74, 6) is -1.26. The first kappa shape index (κ1) is 14.4. The van der Waals surface area contributed by atoms with E-state index in [-0.39, 0.29) is 29.6 Å². The van der Waals surface area contributed by atoms with Gasteiger partial charge in [0.25, 0.3) is 0 Å². The number of alkyl halides is 3. The van der Waals surface area contributed by atoms with Crippen molar-refractivity contribution >= 4 is 16.9 Å². The molecule has 2 aromatic rings. The maximum Gasteiger partial charge on any atom is 0.418 e. The van der Waals surface area contributed by atoms with E-state index in [4.69, 9.17) is 9.84 Å². The van der Waals surface area contributed by atoms with Crippen LogP contribution in [0.1, 0.15) is 15.9 Å². The van der Waals surface area contributed by atoms with Gasteiger partial charge in [-0.25, -0.2) is 4.79 Å². The van der Waals surface area contributed by atoms with Crippen molar-refractivity contribution in [2.24, 2.45) is 0 Å². The van der Waals surface area contributed by atoms with E-state index < -0.39 is 17.7 Å². The summed E-state index contributed by atoms with van der Waals surface area (Å²) in [6.07, 6.45) is -3.33. The van der Waals surface area contributed by atoms with Gasteiger partial charge in [0.2, 0.25) is 0 Å². The molecule has 4 nitrogen and oxygen atoms in total. The van der Waals surface area contributed by atoms with Crippen molar-refractivity contribution in [3.8, 4) is 0 Å². The van der Waals surface area contributed by atoms with Gasteiger partial charge in [0.1, 0.15) is 0 Å². The number of aromatic nitrogens is 1. The molecule has 108 valence electrons. The van der Waals surface area contributed by atoms with E-state index in [1.165, 1.54) is 30.0 Å². The molecule has 0 fully saturated rings. The van der Waals surface area contributed by atoms with Crippen LogP contribution in [0.3, 0.4) is 0 Å². The summed E-state index contributed by atoms with van der Waals surface area (Å²) in [6, 6.07) is 3.52. The van der Waals surface area contributed by atoms with Crippen LogP contribution in [0.4, 0.5) is 13.2 Å². The van der Waals surface area contributed by atoms with Gasteiger partial charge in [0.05, 0.1) is 23.3 Å². The van der Waals surface area contributed by atoms with Gasteiger partial charge in [-0.15, -0.1) is 0 Å². The number of rotatable bonds is 4. The van der Waals surface area contributed by atoms with E-state index in [1.807, 2.05) is 0 Å². The molecule has 0 radical (unpaired) electrons. The van der Waals surface area contributed by atoms with Crippen molar-refractivity contribution in [1.29, 1.82) is 0 Å². The van der Waals surface area contributed by atoms with Gasteiger partial charge in [-0.1, -0.05) is 12.1 Å². The number of fused-ring (bicyclic) bond motifs is 1. The Morgan fingerprint density at radius 1 is 1.40 bits per heavy atom. The van der Waals surface area contributed by atoms with Gasteiger partial charge >= 0.3 is 12.1 Å². The highest BCUT2D eigenvalue weighted by atomic mass is 19.4. The average molecular weight is 287 g/mol. The topological polar surface area (TPSA) is 51.5 Å². The van der Waals surface area contributed by atoms with Gasteiger partial charge in [-0.3, -0.25) is 0 Å². The van der Waals surface area contributed by atoms with Crippen molar-refractivity contribution in [2.75, 3.05) is 13.7 Å². The molecule has 0 aliphatic rings. The Hall–Kier alpha value is -2.02. The molecule has 0 aliphatic heterocycles. The quantitative estimate of drug-likeness (QED) is 0.940. The number of methoxy groups -OCH3 is 1. The highest BCUT2D eigenvalue weighted by Gasteiger charge is 2.34. The zero-order valence-corrected chi connectivity index (χ0v) is 10.6. The SMILES string of the molecule is COCCn1cc(C(=O)O)c2cccc(C(F)(F)F)c21. The van der Waals surface area contributed by atoms with E-state index >= 15 is 0 Å². The number of nitrogens with zero attached hydrogens (tertiary/aromatic N) is 1. The number of carbonyl (C=O) groups is 1. The molecule has 0 spiro atoms. The first-order valence-corrected chi connectivity index (χ1v) is 5.77. The molecule has 0 saturated carbocycles. The van der Waals surface area contributed by atoms with E-state index in [1.54, 1.807) is 0 Å². The zero-order valence-electron chi connectivity index (χ0n) is 10.6. The molecule has 7 heteroatoms. The molecule has 0 aliphatic carbocycles. The van der Waals surface area contributed by atoms with Gasteiger partial charge in [-0.05, 0) is 6.07 Å². The van der Waals surface area contributed by atoms with Crippen molar-refractivity contribution in [3.05, 3.63) is 35.5 Å². The second kappa shape index (κ2) is 5.16. The molecular weight excluding hydrogens is 275 g/mol. The van der Waals surface area contributed by atoms with Crippen LogP contribution in [0.25, 0.3) is 10.9 Å². The molecule has 2 rings (SSSR count). The van der Waals surface area contributed by atoms with E-state index in [0.717, 1.165) is 6.07 Å². The van der Waals surface area contributed by atoms with Gasteiger partial charge in [0, 0.05) is 25.2 Å². The lowest BCUT2D eigenvalue weighted by atomic mass is 10.1. The molecule has 0 saturated heterocycles. The number of ether oxygens (including phenoxy) is 1. The Kier molecular flexibility index (Phi) is 3.71. The molecule has 1 heterocycles. The predicted molar refractivity (Wildman–Crippen MR) is 65.8 cm³/mol. The minimum atomic E-state index is -4.54. The number of halogens is 3. The van der Waals surface area contributed by atoms with Crippen LogP contribution in [0.5, 0.6) is 0 Å². The third kappa shape index (κ3) is 2.49. The van der Waals surface area contributed by atoms with Crippen molar-refractivity contribution in [3.63, 3.8) is 0 Å². The standard InChI is InChI=1S/C13H12F3NO3/c1-20-6-5-17-7-9(12(18)19)8-3-2-4-10(11(8)17)13(14,15)16/h2-4,7H,5-6H2,1H3,(H,18,19). The molecule has 1 aromatic heterocycles. The minimum Gasteiger partial charge on any atom is -0.478 e. The molecule has 1 aromatic carbocycles. The fraction of sp³-hybridized carbons (Fsp3) is 0.308. The second-order valence-electron chi connectivity index (χ2n) is 4.23. The van der Waals surface area contributed by atoms with Gasteiger partial charge in [0.15, 0.2) is 0 Å². The maximum absolute atomic E-state index is 13.0. The number of carboxylic acid groups (broad SMARTS) is 1. The summed E-state index contributed by atoms with van der Waals surface area (Å²) in [5, 5.41) is 9.16. The first-order chi connectivity index (χ1) is 9.36. The maximum atomic E-state index is 13.0. The number of hydrogen-bond acceptors (Lipinski definition) is 2.